The number of amides is 2. The van der Waals surface area contributed by atoms with E-state index >= 15 is 0 Å². The van der Waals surface area contributed by atoms with Crippen LogP contribution < -0.4 is 9.47 Å². The summed E-state index contributed by atoms with van der Waals surface area (Å²) in [7, 11) is 1.46. The van der Waals surface area contributed by atoms with E-state index in [0.29, 0.717) is 17.1 Å². The lowest BCUT2D eigenvalue weighted by Gasteiger charge is -2.20. The zero-order valence-corrected chi connectivity index (χ0v) is 15.6. The normalized spacial score (nSPS) is 23.1. The van der Waals surface area contributed by atoms with Crippen LogP contribution in [0.25, 0.3) is 0 Å². The number of aliphatic hydroxyl groups is 1. The second kappa shape index (κ2) is 8.08. The molecule has 7 nitrogen and oxygen atoms in total. The number of fused-ring (bicyclic) bond motifs is 1. The highest BCUT2D eigenvalue weighted by atomic mass is 16.5. The molecule has 0 spiro atoms. The van der Waals surface area contributed by atoms with Crippen molar-refractivity contribution in [2.24, 2.45) is 11.8 Å². The molecule has 0 radical (unpaired) electrons. The molecule has 0 aromatic heterocycles. The number of benzene rings is 1. The zero-order chi connectivity index (χ0) is 19.6. The summed E-state index contributed by atoms with van der Waals surface area (Å²) in [5.41, 5.74) is 0.496. The van der Waals surface area contributed by atoms with Crippen LogP contribution in [-0.2, 0) is 9.59 Å². The molecule has 1 aliphatic heterocycles. The molecule has 3 rings (SSSR count). The number of hydrogen-bond acceptors (Lipinski definition) is 6. The van der Waals surface area contributed by atoms with Crippen LogP contribution in [0.2, 0.25) is 0 Å². The number of carbonyl (C=O) groups excluding carboxylic acids is 3. The molecule has 146 valence electrons. The second-order valence-corrected chi connectivity index (χ2v) is 7.17. The van der Waals surface area contributed by atoms with Gasteiger partial charge in [-0.3, -0.25) is 19.3 Å². The molecule has 1 aromatic rings. The molecule has 3 unspecified atom stereocenters. The number of methoxy groups -OCH3 is 1. The first kappa shape index (κ1) is 19.4. The van der Waals surface area contributed by atoms with Crippen LogP contribution in [0.3, 0.4) is 0 Å². The van der Waals surface area contributed by atoms with E-state index in [2.05, 4.69) is 0 Å². The van der Waals surface area contributed by atoms with Crippen LogP contribution >= 0.6 is 0 Å². The van der Waals surface area contributed by atoms with E-state index in [0.717, 1.165) is 25.7 Å². The van der Waals surface area contributed by atoms with Gasteiger partial charge in [-0.05, 0) is 38.0 Å². The molecule has 27 heavy (non-hydrogen) atoms. The van der Waals surface area contributed by atoms with E-state index in [-0.39, 0.29) is 42.6 Å². The maximum absolute atomic E-state index is 12.5. The minimum Gasteiger partial charge on any atom is -0.493 e. The quantitative estimate of drug-likeness (QED) is 0.577. The third kappa shape index (κ3) is 3.98. The van der Waals surface area contributed by atoms with Crippen LogP contribution in [0.1, 0.15) is 43.0 Å². The predicted octanol–water partition coefficient (Wildman–Crippen LogP) is 1.81. The summed E-state index contributed by atoms with van der Waals surface area (Å²) in [5, 5.41) is 10.3. The first-order valence-electron chi connectivity index (χ1n) is 9.27. The summed E-state index contributed by atoms with van der Waals surface area (Å²) in [6.07, 6.45) is 2.43. The van der Waals surface area contributed by atoms with Gasteiger partial charge in [0.2, 0.25) is 11.8 Å². The molecule has 3 atom stereocenters. The lowest BCUT2D eigenvalue weighted by atomic mass is 9.81. The van der Waals surface area contributed by atoms with Crippen LogP contribution in [0.15, 0.2) is 18.2 Å². The minimum absolute atomic E-state index is 0.0709. The Morgan fingerprint density at radius 1 is 1.19 bits per heavy atom. The van der Waals surface area contributed by atoms with Crippen molar-refractivity contribution in [2.75, 3.05) is 20.3 Å². The highest BCUT2D eigenvalue weighted by Gasteiger charge is 2.48. The number of aliphatic hydroxyl groups excluding tert-OH is 1. The molecule has 1 saturated carbocycles. The monoisotopic (exact) mass is 375 g/mol. The molecule has 1 aliphatic carbocycles. The largest absolute Gasteiger partial charge is 0.493 e. The summed E-state index contributed by atoms with van der Waals surface area (Å²) in [5.74, 6) is -0.118. The van der Waals surface area contributed by atoms with Crippen molar-refractivity contribution >= 4 is 17.6 Å². The van der Waals surface area contributed by atoms with Crippen LogP contribution in [-0.4, -0.2) is 54.0 Å². The van der Waals surface area contributed by atoms with Gasteiger partial charge >= 0.3 is 0 Å². The van der Waals surface area contributed by atoms with Gasteiger partial charge in [0.1, 0.15) is 12.7 Å². The molecule has 1 saturated heterocycles. The maximum atomic E-state index is 12.5. The first-order chi connectivity index (χ1) is 12.9. The Bertz CT molecular complexity index is 722. The topological polar surface area (TPSA) is 93.1 Å². The van der Waals surface area contributed by atoms with Crippen molar-refractivity contribution in [3.05, 3.63) is 23.8 Å². The van der Waals surface area contributed by atoms with Gasteiger partial charge in [0.25, 0.3) is 0 Å². The summed E-state index contributed by atoms with van der Waals surface area (Å²) in [4.78, 5) is 37.6. The van der Waals surface area contributed by atoms with Crippen LogP contribution in [0.5, 0.6) is 11.5 Å². The smallest absolute Gasteiger partial charge is 0.233 e. The van der Waals surface area contributed by atoms with E-state index in [1.165, 1.54) is 18.9 Å². The first-order valence-corrected chi connectivity index (χ1v) is 9.27. The fourth-order valence-electron chi connectivity index (χ4n) is 3.87. The number of β-amino-alcohol motifs (C(OH)–C–C–N with tert-alkyl or cyclic N) is 1. The number of rotatable bonds is 7. The zero-order valence-electron chi connectivity index (χ0n) is 15.6. The fraction of sp³-hybridized carbons (Fsp3) is 0.550. The Hall–Kier alpha value is -2.41. The van der Waals surface area contributed by atoms with Gasteiger partial charge in [-0.25, -0.2) is 0 Å². The number of ketones is 1. The number of imide groups is 1. The standard InChI is InChI=1S/C20H25NO6/c1-12(22)13-7-8-17(18(9-13)26-2)27-11-14(23)10-21-19(24)15-5-3-4-6-16(15)20(21)25/h7-9,14-16,23H,3-6,10-11H2,1-2H3. The van der Waals surface area contributed by atoms with Gasteiger partial charge < -0.3 is 14.6 Å². The number of hydrogen-bond donors (Lipinski definition) is 1. The summed E-state index contributed by atoms with van der Waals surface area (Å²) < 4.78 is 10.8. The van der Waals surface area contributed by atoms with E-state index in [1.54, 1.807) is 18.2 Å². The van der Waals surface area contributed by atoms with Crippen molar-refractivity contribution in [3.63, 3.8) is 0 Å². The molecule has 2 fully saturated rings. The van der Waals surface area contributed by atoms with Crippen molar-refractivity contribution in [1.29, 1.82) is 0 Å². The summed E-state index contributed by atoms with van der Waals surface area (Å²) in [6, 6.07) is 4.79. The summed E-state index contributed by atoms with van der Waals surface area (Å²) in [6.45, 7) is 1.29. The molecule has 1 aromatic carbocycles. The van der Waals surface area contributed by atoms with Gasteiger partial charge in [-0.1, -0.05) is 12.8 Å². The lowest BCUT2D eigenvalue weighted by Crippen LogP contribution is -2.40. The van der Waals surface area contributed by atoms with Crippen molar-refractivity contribution in [2.45, 2.75) is 38.7 Å². The maximum Gasteiger partial charge on any atom is 0.233 e. The molecule has 7 heteroatoms. The Kier molecular flexibility index (Phi) is 5.79. The Balaban J connectivity index is 1.60. The Labute approximate surface area is 158 Å². The van der Waals surface area contributed by atoms with E-state index in [4.69, 9.17) is 9.47 Å². The highest BCUT2D eigenvalue weighted by molar-refractivity contribution is 6.05. The predicted molar refractivity (Wildman–Crippen MR) is 96.7 cm³/mol. The Morgan fingerprint density at radius 3 is 2.37 bits per heavy atom. The van der Waals surface area contributed by atoms with Crippen LogP contribution in [0.4, 0.5) is 0 Å². The molecule has 0 bridgehead atoms. The third-order valence-corrected chi connectivity index (χ3v) is 5.33. The second-order valence-electron chi connectivity index (χ2n) is 7.17. The lowest BCUT2D eigenvalue weighted by molar-refractivity contribution is -0.141. The molecule has 1 heterocycles. The van der Waals surface area contributed by atoms with E-state index < -0.39 is 6.10 Å². The van der Waals surface area contributed by atoms with Crippen molar-refractivity contribution < 1.29 is 29.0 Å². The van der Waals surface area contributed by atoms with Crippen molar-refractivity contribution in [3.8, 4) is 11.5 Å². The average molecular weight is 375 g/mol. The van der Waals surface area contributed by atoms with E-state index in [1.807, 2.05) is 0 Å². The summed E-state index contributed by atoms with van der Waals surface area (Å²) >= 11 is 0. The molecule has 1 N–H and O–H groups in total. The van der Waals surface area contributed by atoms with Gasteiger partial charge in [-0.15, -0.1) is 0 Å². The molecular weight excluding hydrogens is 350 g/mol. The van der Waals surface area contributed by atoms with Gasteiger partial charge in [0.15, 0.2) is 17.3 Å². The SMILES string of the molecule is COc1cc(C(C)=O)ccc1OCC(O)CN1C(=O)C2CCCCC2C1=O. The van der Waals surface area contributed by atoms with Gasteiger partial charge in [-0.2, -0.15) is 0 Å². The number of likely N-dealkylation sites (tertiary alicyclic amines) is 1. The minimum atomic E-state index is -1.00. The van der Waals surface area contributed by atoms with Crippen LogP contribution in [0, 0.1) is 11.8 Å². The molecular formula is C20H25NO6. The number of carbonyl (C=O) groups is 3. The molecule has 2 amide bonds. The Morgan fingerprint density at radius 2 is 1.81 bits per heavy atom. The van der Waals surface area contributed by atoms with Gasteiger partial charge in [0.05, 0.1) is 25.5 Å². The highest BCUT2D eigenvalue weighted by Crippen LogP contribution is 2.38. The van der Waals surface area contributed by atoms with E-state index in [9.17, 15) is 19.5 Å². The number of ether oxygens (including phenoxy) is 2. The average Bonchev–Trinajstić information content (AvgIpc) is 2.91. The number of nitrogens with zero attached hydrogens (tertiary/aromatic N) is 1. The fourth-order valence-corrected chi connectivity index (χ4v) is 3.87. The van der Waals surface area contributed by atoms with Crippen molar-refractivity contribution in [1.82, 2.24) is 4.90 Å². The molecule has 2 aliphatic rings. The van der Waals surface area contributed by atoms with Gasteiger partial charge in [0, 0.05) is 5.56 Å². The number of Topliss-reactive ketones (excluding diaryl/α,β-unsaturated/α-hetero) is 1. The third-order valence-electron chi connectivity index (χ3n) is 5.33.